The molecule has 3 aromatic carbocycles. The van der Waals surface area contributed by atoms with Crippen LogP contribution in [0.15, 0.2) is 60.7 Å². The van der Waals surface area contributed by atoms with Crippen molar-refractivity contribution in [1.29, 1.82) is 0 Å². The molecule has 0 unspecified atom stereocenters. The third kappa shape index (κ3) is 3.83. The van der Waals surface area contributed by atoms with Crippen LogP contribution in [0.1, 0.15) is 11.1 Å². The molecule has 1 N–H and O–H groups in total. The Kier molecular flexibility index (Phi) is 5.05. The summed E-state index contributed by atoms with van der Waals surface area (Å²) in [6, 6.07) is 15.4. The van der Waals surface area contributed by atoms with E-state index in [1.54, 1.807) is 12.1 Å². The lowest BCUT2D eigenvalue weighted by Crippen LogP contribution is -1.99. The topological polar surface area (TPSA) is 29.5 Å². The number of rotatable bonds is 5. The summed E-state index contributed by atoms with van der Waals surface area (Å²) in [5.41, 5.74) is 1.46. The second-order valence-corrected chi connectivity index (χ2v) is 5.50. The lowest BCUT2D eigenvalue weighted by atomic mass is 9.99. The fourth-order valence-electron chi connectivity index (χ4n) is 2.50. The molecule has 128 valence electrons. The summed E-state index contributed by atoms with van der Waals surface area (Å²) >= 11 is 0. The van der Waals surface area contributed by atoms with E-state index in [9.17, 15) is 18.3 Å². The minimum absolute atomic E-state index is 0.131. The summed E-state index contributed by atoms with van der Waals surface area (Å²) in [4.78, 5) is 0. The zero-order valence-electron chi connectivity index (χ0n) is 13.2. The molecule has 0 aliphatic carbocycles. The van der Waals surface area contributed by atoms with Crippen molar-refractivity contribution < 1.29 is 23.0 Å². The van der Waals surface area contributed by atoms with Crippen molar-refractivity contribution in [3.8, 4) is 16.9 Å². The maximum absolute atomic E-state index is 14.1. The highest BCUT2D eigenvalue weighted by Crippen LogP contribution is 2.31. The van der Waals surface area contributed by atoms with Gasteiger partial charge in [-0.2, -0.15) is 0 Å². The van der Waals surface area contributed by atoms with E-state index in [0.29, 0.717) is 24.0 Å². The SMILES string of the molecule is OCc1ccc(OCc2ccccc2)cc1-c1cc(F)c(F)cc1F. The fourth-order valence-corrected chi connectivity index (χ4v) is 2.50. The first kappa shape index (κ1) is 17.0. The Morgan fingerprint density at radius 1 is 0.760 bits per heavy atom. The number of hydrogen-bond acceptors (Lipinski definition) is 2. The highest BCUT2D eigenvalue weighted by molar-refractivity contribution is 5.69. The molecule has 25 heavy (non-hydrogen) atoms. The van der Waals surface area contributed by atoms with Crippen LogP contribution in [0.25, 0.3) is 11.1 Å². The van der Waals surface area contributed by atoms with Gasteiger partial charge in [-0.1, -0.05) is 36.4 Å². The molecule has 0 aromatic heterocycles. The molecule has 0 radical (unpaired) electrons. The van der Waals surface area contributed by atoms with E-state index in [4.69, 9.17) is 4.74 Å². The molecular formula is C20H15F3O2. The van der Waals surface area contributed by atoms with Crippen molar-refractivity contribution in [2.75, 3.05) is 0 Å². The van der Waals surface area contributed by atoms with Crippen LogP contribution in [0.5, 0.6) is 5.75 Å². The number of aliphatic hydroxyl groups is 1. The molecule has 0 saturated heterocycles. The largest absolute Gasteiger partial charge is 0.489 e. The zero-order valence-corrected chi connectivity index (χ0v) is 13.2. The van der Waals surface area contributed by atoms with Crippen molar-refractivity contribution in [2.45, 2.75) is 13.2 Å². The van der Waals surface area contributed by atoms with Crippen LogP contribution in [-0.2, 0) is 13.2 Å². The molecule has 2 nitrogen and oxygen atoms in total. The van der Waals surface area contributed by atoms with Crippen LogP contribution >= 0.6 is 0 Å². The van der Waals surface area contributed by atoms with Crippen molar-refractivity contribution in [3.05, 3.63) is 89.2 Å². The van der Waals surface area contributed by atoms with Gasteiger partial charge in [0.15, 0.2) is 11.6 Å². The molecule has 0 amide bonds. The molecule has 3 rings (SSSR count). The van der Waals surface area contributed by atoms with Gasteiger partial charge in [-0.3, -0.25) is 0 Å². The summed E-state index contributed by atoms with van der Waals surface area (Å²) < 4.78 is 46.4. The van der Waals surface area contributed by atoms with Gasteiger partial charge >= 0.3 is 0 Å². The second kappa shape index (κ2) is 7.40. The Hall–Kier alpha value is -2.79. The van der Waals surface area contributed by atoms with E-state index in [0.717, 1.165) is 11.6 Å². The quantitative estimate of drug-likeness (QED) is 0.671. The summed E-state index contributed by atoms with van der Waals surface area (Å²) in [7, 11) is 0. The fraction of sp³-hybridized carbons (Fsp3) is 0.100. The Labute approximate surface area is 143 Å². The van der Waals surface area contributed by atoms with Crippen LogP contribution in [0.3, 0.4) is 0 Å². The van der Waals surface area contributed by atoms with Gasteiger partial charge in [0, 0.05) is 11.6 Å². The van der Waals surface area contributed by atoms with Crippen LogP contribution < -0.4 is 4.74 Å². The van der Waals surface area contributed by atoms with E-state index in [-0.39, 0.29) is 17.7 Å². The minimum atomic E-state index is -1.26. The Morgan fingerprint density at radius 2 is 1.48 bits per heavy atom. The molecular weight excluding hydrogens is 329 g/mol. The van der Waals surface area contributed by atoms with Crippen molar-refractivity contribution in [1.82, 2.24) is 0 Å². The highest BCUT2D eigenvalue weighted by atomic mass is 19.2. The van der Waals surface area contributed by atoms with Gasteiger partial charge < -0.3 is 9.84 Å². The summed E-state index contributed by atoms with van der Waals surface area (Å²) in [6.45, 7) is -0.0637. The van der Waals surface area contributed by atoms with Crippen LogP contribution in [0.4, 0.5) is 13.2 Å². The van der Waals surface area contributed by atoms with Gasteiger partial charge in [0.1, 0.15) is 18.2 Å². The van der Waals surface area contributed by atoms with Crippen LogP contribution in [-0.4, -0.2) is 5.11 Å². The number of hydrogen-bond donors (Lipinski definition) is 1. The smallest absolute Gasteiger partial charge is 0.161 e. The lowest BCUT2D eigenvalue weighted by Gasteiger charge is -2.13. The maximum atomic E-state index is 14.1. The van der Waals surface area contributed by atoms with E-state index in [2.05, 4.69) is 0 Å². The molecule has 0 saturated carbocycles. The van der Waals surface area contributed by atoms with Crippen molar-refractivity contribution >= 4 is 0 Å². The molecule has 0 atom stereocenters. The average Bonchev–Trinajstić information content (AvgIpc) is 2.63. The van der Waals surface area contributed by atoms with Crippen LogP contribution in [0.2, 0.25) is 0 Å². The first-order valence-electron chi connectivity index (χ1n) is 7.64. The number of halogens is 3. The van der Waals surface area contributed by atoms with Crippen molar-refractivity contribution in [3.63, 3.8) is 0 Å². The maximum Gasteiger partial charge on any atom is 0.161 e. The molecule has 0 spiro atoms. The zero-order chi connectivity index (χ0) is 17.8. The van der Waals surface area contributed by atoms with Gasteiger partial charge in [0.2, 0.25) is 0 Å². The second-order valence-electron chi connectivity index (χ2n) is 5.50. The number of aliphatic hydroxyl groups excluding tert-OH is 1. The Balaban J connectivity index is 1.94. The molecule has 0 heterocycles. The Morgan fingerprint density at radius 3 is 2.20 bits per heavy atom. The molecule has 5 heteroatoms. The third-order valence-corrected chi connectivity index (χ3v) is 3.80. The Bertz CT molecular complexity index is 880. The molecule has 0 bridgehead atoms. The molecule has 0 aliphatic heterocycles. The predicted octanol–water partition coefficient (Wildman–Crippen LogP) is 4.84. The van der Waals surface area contributed by atoms with Gasteiger partial charge in [0.05, 0.1) is 6.61 Å². The van der Waals surface area contributed by atoms with Gasteiger partial charge in [-0.15, -0.1) is 0 Å². The average molecular weight is 344 g/mol. The third-order valence-electron chi connectivity index (χ3n) is 3.80. The molecule has 0 fully saturated rings. The van der Waals surface area contributed by atoms with Gasteiger partial charge in [-0.05, 0) is 34.9 Å². The van der Waals surface area contributed by atoms with E-state index in [1.807, 2.05) is 30.3 Å². The number of ether oxygens (including phenoxy) is 1. The summed E-state index contributed by atoms with van der Waals surface area (Å²) in [6.07, 6.45) is 0. The van der Waals surface area contributed by atoms with E-state index in [1.165, 1.54) is 6.07 Å². The monoisotopic (exact) mass is 344 g/mol. The molecule has 0 aliphatic rings. The molecule has 3 aromatic rings. The summed E-state index contributed by atoms with van der Waals surface area (Å²) in [5, 5.41) is 9.46. The standard InChI is InChI=1S/C20H15F3O2/c21-18-10-20(23)19(22)9-17(18)16-8-15(7-6-14(16)11-24)25-12-13-4-2-1-3-5-13/h1-10,24H,11-12H2. The first-order valence-corrected chi connectivity index (χ1v) is 7.64. The van der Waals surface area contributed by atoms with E-state index < -0.39 is 17.5 Å². The predicted molar refractivity (Wildman–Crippen MR) is 88.4 cm³/mol. The normalized spacial score (nSPS) is 10.7. The lowest BCUT2D eigenvalue weighted by molar-refractivity contribution is 0.281. The highest BCUT2D eigenvalue weighted by Gasteiger charge is 2.15. The van der Waals surface area contributed by atoms with Crippen molar-refractivity contribution in [2.24, 2.45) is 0 Å². The number of benzene rings is 3. The van der Waals surface area contributed by atoms with Crippen LogP contribution in [0, 0.1) is 17.5 Å². The van der Waals surface area contributed by atoms with Gasteiger partial charge in [0.25, 0.3) is 0 Å². The summed E-state index contributed by atoms with van der Waals surface area (Å²) in [5.74, 6) is -2.90. The minimum Gasteiger partial charge on any atom is -0.489 e. The first-order chi connectivity index (χ1) is 12.1. The van der Waals surface area contributed by atoms with E-state index >= 15 is 0 Å². The van der Waals surface area contributed by atoms with Gasteiger partial charge in [-0.25, -0.2) is 13.2 Å².